The predicted octanol–water partition coefficient (Wildman–Crippen LogP) is 1.08. The zero-order chi connectivity index (χ0) is 15.6. The lowest BCUT2D eigenvalue weighted by atomic mass is 10.2. The highest BCUT2D eigenvalue weighted by Crippen LogP contribution is 2.24. The fraction of sp³-hybridized carbons (Fsp3) is 0.333. The molecule has 21 heavy (non-hydrogen) atoms. The molecule has 0 fully saturated rings. The summed E-state index contributed by atoms with van der Waals surface area (Å²) in [6, 6.07) is 4.41. The lowest BCUT2D eigenvalue weighted by molar-refractivity contribution is 0.553. The van der Waals surface area contributed by atoms with E-state index in [0.29, 0.717) is 16.8 Å². The summed E-state index contributed by atoms with van der Waals surface area (Å²) >= 11 is 3.27. The smallest absolute Gasteiger partial charge is 0.242 e. The third kappa shape index (κ3) is 3.49. The van der Waals surface area contributed by atoms with Gasteiger partial charge in [-0.1, -0.05) is 6.07 Å². The van der Waals surface area contributed by atoms with Gasteiger partial charge in [0.05, 0.1) is 10.9 Å². The van der Waals surface area contributed by atoms with E-state index in [9.17, 15) is 8.42 Å². The van der Waals surface area contributed by atoms with Crippen LogP contribution >= 0.6 is 15.9 Å². The molecule has 3 N–H and O–H groups in total. The molecule has 114 valence electrons. The largest absolute Gasteiger partial charge is 0.326 e. The van der Waals surface area contributed by atoms with Crippen molar-refractivity contribution in [2.75, 3.05) is 0 Å². The van der Waals surface area contributed by atoms with E-state index in [1.807, 2.05) is 0 Å². The van der Waals surface area contributed by atoms with Gasteiger partial charge < -0.3 is 10.3 Å². The zero-order valence-electron chi connectivity index (χ0n) is 11.6. The topological polar surface area (TPSA) is 103 Å². The number of benzene rings is 1. The summed E-state index contributed by atoms with van der Waals surface area (Å²) in [6.45, 7) is 2.06. The zero-order valence-corrected chi connectivity index (χ0v) is 14.0. The van der Waals surface area contributed by atoms with E-state index in [1.165, 1.54) is 12.4 Å². The molecule has 1 aromatic heterocycles. The van der Waals surface area contributed by atoms with Gasteiger partial charge in [0.1, 0.15) is 12.2 Å². The Labute approximate surface area is 131 Å². The van der Waals surface area contributed by atoms with Gasteiger partial charge in [0.2, 0.25) is 10.0 Å². The van der Waals surface area contributed by atoms with Crippen molar-refractivity contribution >= 4 is 26.0 Å². The summed E-state index contributed by atoms with van der Waals surface area (Å²) in [5.74, 6) is 0.535. The highest BCUT2D eigenvalue weighted by Gasteiger charge is 2.23. The van der Waals surface area contributed by atoms with Crippen LogP contribution in [0.4, 0.5) is 0 Å². The van der Waals surface area contributed by atoms with Crippen LogP contribution < -0.4 is 10.5 Å². The summed E-state index contributed by atoms with van der Waals surface area (Å²) in [7, 11) is -1.92. The third-order valence-corrected chi connectivity index (χ3v) is 5.50. The molecule has 0 bridgehead atoms. The first-order valence-corrected chi connectivity index (χ1v) is 8.47. The molecule has 1 unspecified atom stereocenters. The average molecular weight is 374 g/mol. The molecule has 2 rings (SSSR count). The molecule has 0 spiro atoms. The summed E-state index contributed by atoms with van der Waals surface area (Å²) < 4.78 is 29.6. The summed E-state index contributed by atoms with van der Waals surface area (Å²) in [6.07, 6.45) is 1.52. The Hall–Kier alpha value is -1.29. The summed E-state index contributed by atoms with van der Waals surface area (Å²) in [4.78, 5) is 0.161. The molecule has 0 aliphatic heterocycles. The van der Waals surface area contributed by atoms with Crippen LogP contribution in [0.25, 0.3) is 0 Å². The van der Waals surface area contributed by atoms with Crippen molar-refractivity contribution in [2.45, 2.75) is 24.4 Å². The normalized spacial score (nSPS) is 13.3. The molecule has 1 atom stereocenters. The maximum atomic E-state index is 12.4. The van der Waals surface area contributed by atoms with Crippen LogP contribution in [0.3, 0.4) is 0 Å². The fourth-order valence-electron chi connectivity index (χ4n) is 1.92. The van der Waals surface area contributed by atoms with E-state index in [1.54, 1.807) is 30.7 Å². The first kappa shape index (κ1) is 16.1. The van der Waals surface area contributed by atoms with Gasteiger partial charge in [-0.3, -0.25) is 0 Å². The molecule has 1 aromatic carbocycles. The van der Waals surface area contributed by atoms with E-state index in [2.05, 4.69) is 30.8 Å². The van der Waals surface area contributed by atoms with Crippen molar-refractivity contribution in [3.8, 4) is 0 Å². The molecule has 0 saturated heterocycles. The minimum atomic E-state index is -3.68. The van der Waals surface area contributed by atoms with Gasteiger partial charge in [-0.2, -0.15) is 0 Å². The number of sulfonamides is 1. The predicted molar refractivity (Wildman–Crippen MR) is 81.8 cm³/mol. The molecular weight excluding hydrogens is 358 g/mol. The SMILES string of the molecule is CC(NS(=O)(=O)c1ccc(CN)cc1Br)c1nncn1C. The maximum Gasteiger partial charge on any atom is 0.242 e. The van der Waals surface area contributed by atoms with Gasteiger partial charge >= 0.3 is 0 Å². The Bertz CT molecular complexity index is 744. The Morgan fingerprint density at radius 3 is 2.71 bits per heavy atom. The van der Waals surface area contributed by atoms with Gasteiger partial charge in [0.25, 0.3) is 0 Å². The lowest BCUT2D eigenvalue weighted by Crippen LogP contribution is -2.28. The monoisotopic (exact) mass is 373 g/mol. The van der Waals surface area contributed by atoms with Crippen molar-refractivity contribution in [3.05, 3.63) is 40.4 Å². The summed E-state index contributed by atoms with van der Waals surface area (Å²) in [5, 5.41) is 7.64. The minimum Gasteiger partial charge on any atom is -0.326 e. The van der Waals surface area contributed by atoms with Crippen molar-refractivity contribution < 1.29 is 8.42 Å². The second-order valence-corrected chi connectivity index (χ2v) is 7.15. The molecule has 9 heteroatoms. The quantitative estimate of drug-likeness (QED) is 0.815. The van der Waals surface area contributed by atoms with Crippen LogP contribution in [0.5, 0.6) is 0 Å². The highest BCUT2D eigenvalue weighted by atomic mass is 79.9. The molecule has 2 aromatic rings. The van der Waals surface area contributed by atoms with Crippen LogP contribution in [0.15, 0.2) is 33.9 Å². The second kappa shape index (κ2) is 6.22. The van der Waals surface area contributed by atoms with E-state index in [-0.39, 0.29) is 4.90 Å². The maximum absolute atomic E-state index is 12.4. The number of aromatic nitrogens is 3. The van der Waals surface area contributed by atoms with Crippen LogP contribution in [0.2, 0.25) is 0 Å². The molecular formula is C12H16BrN5O2S. The van der Waals surface area contributed by atoms with E-state index >= 15 is 0 Å². The van der Waals surface area contributed by atoms with Crippen molar-refractivity contribution in [1.82, 2.24) is 19.5 Å². The molecule has 0 amide bonds. The van der Waals surface area contributed by atoms with Crippen LogP contribution in [0, 0.1) is 0 Å². The number of aryl methyl sites for hydroxylation is 1. The number of nitrogens with one attached hydrogen (secondary N) is 1. The second-order valence-electron chi connectivity index (χ2n) is 4.61. The van der Waals surface area contributed by atoms with Crippen LogP contribution in [-0.2, 0) is 23.6 Å². The van der Waals surface area contributed by atoms with Crippen molar-refractivity contribution in [2.24, 2.45) is 12.8 Å². The van der Waals surface area contributed by atoms with Crippen molar-refractivity contribution in [1.29, 1.82) is 0 Å². The minimum absolute atomic E-state index is 0.161. The first-order chi connectivity index (χ1) is 9.85. The number of halogens is 1. The first-order valence-electron chi connectivity index (χ1n) is 6.20. The Morgan fingerprint density at radius 2 is 2.19 bits per heavy atom. The van der Waals surface area contributed by atoms with Crippen LogP contribution in [-0.4, -0.2) is 23.2 Å². The Kier molecular flexibility index (Phi) is 4.77. The van der Waals surface area contributed by atoms with Crippen LogP contribution in [0.1, 0.15) is 24.4 Å². The number of hydrogen-bond acceptors (Lipinski definition) is 5. The molecule has 0 aliphatic rings. The fourth-order valence-corrected chi connectivity index (χ4v) is 4.25. The Morgan fingerprint density at radius 1 is 1.48 bits per heavy atom. The molecule has 7 nitrogen and oxygen atoms in total. The number of nitrogens with two attached hydrogens (primary N) is 1. The molecule has 0 saturated carbocycles. The van der Waals surface area contributed by atoms with E-state index in [0.717, 1.165) is 5.56 Å². The Balaban J connectivity index is 2.28. The molecule has 0 aliphatic carbocycles. The molecule has 0 radical (unpaired) electrons. The van der Waals surface area contributed by atoms with Gasteiger partial charge in [-0.15, -0.1) is 10.2 Å². The average Bonchev–Trinajstić information content (AvgIpc) is 2.84. The highest BCUT2D eigenvalue weighted by molar-refractivity contribution is 9.10. The van der Waals surface area contributed by atoms with Crippen molar-refractivity contribution in [3.63, 3.8) is 0 Å². The van der Waals surface area contributed by atoms with E-state index < -0.39 is 16.1 Å². The van der Waals surface area contributed by atoms with E-state index in [4.69, 9.17) is 5.73 Å². The number of rotatable bonds is 5. The lowest BCUT2D eigenvalue weighted by Gasteiger charge is -2.14. The van der Waals surface area contributed by atoms with Gasteiger partial charge in [-0.25, -0.2) is 13.1 Å². The van der Waals surface area contributed by atoms with Gasteiger partial charge in [-0.05, 0) is 40.5 Å². The third-order valence-electron chi connectivity index (χ3n) is 2.99. The standard InChI is InChI=1S/C12H16BrN5O2S/c1-8(12-16-15-7-18(12)2)17-21(19,20)11-4-3-9(6-14)5-10(11)13/h3-5,7-8,17H,6,14H2,1-2H3. The molecule has 1 heterocycles. The number of hydrogen-bond donors (Lipinski definition) is 2. The number of nitrogens with zero attached hydrogens (tertiary/aromatic N) is 3. The van der Waals surface area contributed by atoms with Gasteiger partial charge in [0.15, 0.2) is 0 Å². The van der Waals surface area contributed by atoms with Gasteiger partial charge in [0, 0.05) is 18.1 Å². The summed E-state index contributed by atoms with van der Waals surface area (Å²) in [5.41, 5.74) is 6.38.